The maximum absolute atomic E-state index is 12.7. The van der Waals surface area contributed by atoms with Gasteiger partial charge in [-0.05, 0) is 18.2 Å². The number of carbonyl (C=O) groups excluding carboxylic acids is 2. The molecule has 0 fully saturated rings. The monoisotopic (exact) mass is 480 g/mol. The summed E-state index contributed by atoms with van der Waals surface area (Å²) < 4.78 is 30.2. The van der Waals surface area contributed by atoms with E-state index in [1.54, 1.807) is 18.2 Å². The van der Waals surface area contributed by atoms with Crippen molar-refractivity contribution in [1.29, 1.82) is 0 Å². The van der Waals surface area contributed by atoms with E-state index in [0.29, 0.717) is 5.69 Å². The third-order valence-electron chi connectivity index (χ3n) is 3.95. The number of rotatable bonds is 7. The average molecular weight is 481 g/mol. The van der Waals surface area contributed by atoms with Crippen molar-refractivity contribution in [2.75, 3.05) is 17.7 Å². The molecule has 0 aliphatic carbocycles. The van der Waals surface area contributed by atoms with Crippen molar-refractivity contribution in [3.8, 4) is 5.75 Å². The Morgan fingerprint density at radius 2 is 1.84 bits per heavy atom. The Morgan fingerprint density at radius 3 is 2.48 bits per heavy atom. The van der Waals surface area contributed by atoms with Gasteiger partial charge in [-0.15, -0.1) is 10.2 Å². The van der Waals surface area contributed by atoms with Gasteiger partial charge < -0.3 is 10.1 Å². The first-order chi connectivity index (χ1) is 14.7. The van der Waals surface area contributed by atoms with Crippen LogP contribution in [0.25, 0.3) is 0 Å². The minimum Gasteiger partial charge on any atom is -0.496 e. The highest BCUT2D eigenvalue weighted by molar-refractivity contribution is 7.90. The van der Waals surface area contributed by atoms with Gasteiger partial charge in [0, 0.05) is 13.0 Å². The molecule has 0 aliphatic rings. The van der Waals surface area contributed by atoms with Crippen LogP contribution in [-0.4, -0.2) is 37.5 Å². The maximum Gasteiger partial charge on any atom is 0.261 e. The molecule has 0 saturated heterocycles. The van der Waals surface area contributed by atoms with Crippen molar-refractivity contribution in [3.05, 3.63) is 58.1 Å². The fraction of sp³-hybridized carbons (Fsp3) is 0.158. The Labute approximate surface area is 187 Å². The summed E-state index contributed by atoms with van der Waals surface area (Å²) >= 11 is 7.08. The first-order valence-electron chi connectivity index (χ1n) is 8.76. The second kappa shape index (κ2) is 9.41. The van der Waals surface area contributed by atoms with Crippen molar-refractivity contribution >= 4 is 55.4 Å². The molecule has 2 amide bonds. The zero-order valence-corrected chi connectivity index (χ0v) is 18.8. The first kappa shape index (κ1) is 22.7. The standard InChI is InChI=1S/C19H17ClN4O5S2/c1-11(25)21-15-9-16(29-2)13(8-14(15)20)18(26)22-19-24-23-17(30-19)10-31(27,28)12-6-4-3-5-7-12/h3-9H,10H2,1-2H3,(H,21,25)(H,22,24,26). The third kappa shape index (κ3) is 5.57. The molecule has 3 rings (SSSR count). The van der Waals surface area contributed by atoms with Gasteiger partial charge in [0.1, 0.15) is 16.5 Å². The smallest absolute Gasteiger partial charge is 0.261 e. The summed E-state index contributed by atoms with van der Waals surface area (Å²) in [6.07, 6.45) is 0. The Bertz CT molecular complexity index is 1230. The first-order valence-corrected chi connectivity index (χ1v) is 11.6. The Hall–Kier alpha value is -3.02. The Balaban J connectivity index is 1.77. The van der Waals surface area contributed by atoms with Gasteiger partial charge in [-0.25, -0.2) is 8.42 Å². The predicted octanol–water partition coefficient (Wildman–Crippen LogP) is 3.38. The number of anilines is 2. The number of hydrogen-bond acceptors (Lipinski definition) is 8. The van der Waals surface area contributed by atoms with Crippen LogP contribution in [0, 0.1) is 0 Å². The third-order valence-corrected chi connectivity index (χ3v) is 6.93. The molecule has 2 aromatic carbocycles. The lowest BCUT2D eigenvalue weighted by molar-refractivity contribution is -0.114. The predicted molar refractivity (Wildman–Crippen MR) is 118 cm³/mol. The molecule has 12 heteroatoms. The van der Waals surface area contributed by atoms with Crippen LogP contribution < -0.4 is 15.4 Å². The van der Waals surface area contributed by atoms with Crippen LogP contribution in [0.15, 0.2) is 47.4 Å². The maximum atomic E-state index is 12.7. The molecule has 2 N–H and O–H groups in total. The highest BCUT2D eigenvalue weighted by atomic mass is 35.5. The molecule has 0 saturated carbocycles. The van der Waals surface area contributed by atoms with E-state index in [4.69, 9.17) is 16.3 Å². The number of carbonyl (C=O) groups is 2. The molecule has 9 nitrogen and oxygen atoms in total. The van der Waals surface area contributed by atoms with Gasteiger partial charge in [-0.1, -0.05) is 41.1 Å². The van der Waals surface area contributed by atoms with Gasteiger partial charge in [-0.2, -0.15) is 0 Å². The molecular formula is C19H17ClN4O5S2. The van der Waals surface area contributed by atoms with E-state index in [0.717, 1.165) is 11.3 Å². The second-order valence-corrected chi connectivity index (χ2v) is 9.70. The number of ether oxygens (including phenoxy) is 1. The molecule has 31 heavy (non-hydrogen) atoms. The van der Waals surface area contributed by atoms with Crippen LogP contribution in [-0.2, 0) is 20.4 Å². The fourth-order valence-electron chi connectivity index (χ4n) is 2.59. The van der Waals surface area contributed by atoms with E-state index < -0.39 is 15.7 Å². The minimum atomic E-state index is -3.59. The summed E-state index contributed by atoms with van der Waals surface area (Å²) in [5, 5.41) is 13.3. The Kier molecular flexibility index (Phi) is 6.88. The van der Waals surface area contributed by atoms with E-state index in [1.807, 2.05) is 0 Å². The van der Waals surface area contributed by atoms with Crippen LogP contribution in [0.4, 0.5) is 10.8 Å². The number of halogens is 1. The molecule has 0 radical (unpaired) electrons. The number of sulfone groups is 1. The number of hydrogen-bond donors (Lipinski definition) is 2. The van der Waals surface area contributed by atoms with Gasteiger partial charge in [-0.3, -0.25) is 14.9 Å². The van der Waals surface area contributed by atoms with Crippen LogP contribution in [0.5, 0.6) is 5.75 Å². The summed E-state index contributed by atoms with van der Waals surface area (Å²) in [5.41, 5.74) is 0.405. The lowest BCUT2D eigenvalue weighted by Gasteiger charge is -2.12. The molecule has 0 bridgehead atoms. The molecule has 162 valence electrons. The summed E-state index contributed by atoms with van der Waals surface area (Å²) in [6, 6.07) is 10.8. The number of methoxy groups -OCH3 is 1. The fourth-order valence-corrected chi connectivity index (χ4v) is 5.15. The number of nitrogens with zero attached hydrogens (tertiary/aromatic N) is 2. The van der Waals surface area contributed by atoms with E-state index in [1.165, 1.54) is 38.3 Å². The molecule has 0 atom stereocenters. The summed E-state index contributed by atoms with van der Waals surface area (Å²) in [6.45, 7) is 1.33. The van der Waals surface area contributed by atoms with Gasteiger partial charge in [0.25, 0.3) is 5.91 Å². The second-order valence-electron chi connectivity index (χ2n) is 6.24. The molecule has 0 unspecified atom stereocenters. The number of aromatic nitrogens is 2. The number of amides is 2. The molecule has 3 aromatic rings. The molecule has 1 aromatic heterocycles. The molecule has 1 heterocycles. The van der Waals surface area contributed by atoms with E-state index in [-0.39, 0.29) is 43.0 Å². The van der Waals surface area contributed by atoms with Gasteiger partial charge in [0.2, 0.25) is 11.0 Å². The molecular weight excluding hydrogens is 464 g/mol. The van der Waals surface area contributed by atoms with Gasteiger partial charge >= 0.3 is 0 Å². The van der Waals surface area contributed by atoms with Gasteiger partial charge in [0.05, 0.1) is 28.3 Å². The zero-order valence-electron chi connectivity index (χ0n) is 16.4. The quantitative estimate of drug-likeness (QED) is 0.530. The van der Waals surface area contributed by atoms with Crippen LogP contribution in [0.2, 0.25) is 5.02 Å². The Morgan fingerprint density at radius 1 is 1.13 bits per heavy atom. The van der Waals surface area contributed by atoms with Crippen molar-refractivity contribution in [3.63, 3.8) is 0 Å². The summed E-state index contributed by atoms with van der Waals surface area (Å²) in [4.78, 5) is 24.1. The van der Waals surface area contributed by atoms with Crippen molar-refractivity contribution in [2.24, 2.45) is 0 Å². The van der Waals surface area contributed by atoms with Crippen molar-refractivity contribution in [2.45, 2.75) is 17.6 Å². The minimum absolute atomic E-state index is 0.107. The summed E-state index contributed by atoms with van der Waals surface area (Å²) in [7, 11) is -2.22. The van der Waals surface area contributed by atoms with Crippen molar-refractivity contribution in [1.82, 2.24) is 10.2 Å². The van der Waals surface area contributed by atoms with Crippen LogP contribution >= 0.6 is 22.9 Å². The highest BCUT2D eigenvalue weighted by Crippen LogP contribution is 2.32. The van der Waals surface area contributed by atoms with E-state index in [2.05, 4.69) is 20.8 Å². The topological polar surface area (TPSA) is 127 Å². The highest BCUT2D eigenvalue weighted by Gasteiger charge is 2.21. The normalized spacial score (nSPS) is 11.1. The number of benzene rings is 2. The van der Waals surface area contributed by atoms with Gasteiger partial charge in [0.15, 0.2) is 9.84 Å². The number of nitrogens with one attached hydrogen (secondary N) is 2. The summed E-state index contributed by atoms with van der Waals surface area (Å²) in [5.74, 6) is -1.07. The van der Waals surface area contributed by atoms with E-state index >= 15 is 0 Å². The lowest BCUT2D eigenvalue weighted by atomic mass is 10.1. The average Bonchev–Trinajstić information content (AvgIpc) is 3.15. The molecule has 0 spiro atoms. The van der Waals surface area contributed by atoms with Crippen molar-refractivity contribution < 1.29 is 22.7 Å². The van der Waals surface area contributed by atoms with Crippen LogP contribution in [0.3, 0.4) is 0 Å². The SMILES string of the molecule is COc1cc(NC(C)=O)c(Cl)cc1C(=O)Nc1nnc(CS(=O)(=O)c2ccccc2)s1. The zero-order chi connectivity index (χ0) is 22.6. The molecule has 0 aliphatic heterocycles. The van der Waals surface area contributed by atoms with Crippen LogP contribution in [0.1, 0.15) is 22.3 Å². The largest absolute Gasteiger partial charge is 0.496 e. The van der Waals surface area contributed by atoms with E-state index in [9.17, 15) is 18.0 Å². The lowest BCUT2D eigenvalue weighted by Crippen LogP contribution is -2.14.